The molecule has 2 heterocycles. The van der Waals surface area contributed by atoms with Crippen molar-refractivity contribution in [1.82, 2.24) is 14.5 Å². The van der Waals surface area contributed by atoms with Gasteiger partial charge in [-0.05, 0) is 113 Å². The van der Waals surface area contributed by atoms with Crippen LogP contribution in [0.15, 0.2) is 152 Å². The monoisotopic (exact) mass is 682 g/mol. The van der Waals surface area contributed by atoms with Crippen LogP contribution in [0.1, 0.15) is 47.1 Å². The Morgan fingerprint density at radius 1 is 0.654 bits per heavy atom. The molecule has 6 aromatic carbocycles. The maximum atomic E-state index is 11.2. The average molecular weight is 683 g/mol. The fourth-order valence-corrected chi connectivity index (χ4v) is 6.73. The first-order chi connectivity index (χ1) is 28.0. The van der Waals surface area contributed by atoms with Gasteiger partial charge in [0.2, 0.25) is 0 Å². The number of imidazole rings is 1. The van der Waals surface area contributed by atoms with Crippen LogP contribution in [0, 0.1) is 13.8 Å². The molecule has 0 fully saturated rings. The van der Waals surface area contributed by atoms with Gasteiger partial charge in [-0.3, -0.25) is 9.55 Å². The molecule has 0 spiro atoms. The molecule has 0 amide bonds. The van der Waals surface area contributed by atoms with E-state index in [4.69, 9.17) is 19.6 Å². The second-order valence-corrected chi connectivity index (χ2v) is 14.1. The minimum atomic E-state index is -2.81. The fourth-order valence-electron chi connectivity index (χ4n) is 6.73. The SMILES string of the molecule is [2H]c1c([2H])c(C([2H])([2H])[2H])c([2H])c([2H])c1-c1ccnc(-c2cc(-c3cccc4c3nc(-c3ccccc3O)n4-c3ccc(-c4ccccc4)c(C)c3)cc(C(C)(C)C)c2)c1. The maximum Gasteiger partial charge on any atom is 0.149 e. The van der Waals surface area contributed by atoms with Gasteiger partial charge in [-0.25, -0.2) is 4.98 Å². The third-order valence-corrected chi connectivity index (χ3v) is 9.46. The number of hydrogen-bond acceptors (Lipinski definition) is 3. The molecule has 8 rings (SSSR count). The molecule has 1 N–H and O–H groups in total. The number of aryl methyl sites for hydroxylation is 1. The van der Waals surface area contributed by atoms with E-state index in [0.717, 1.165) is 55.7 Å². The van der Waals surface area contributed by atoms with Gasteiger partial charge in [0.25, 0.3) is 0 Å². The summed E-state index contributed by atoms with van der Waals surface area (Å²) in [4.78, 5) is 9.99. The van der Waals surface area contributed by atoms with Crippen molar-refractivity contribution in [1.29, 1.82) is 0 Å². The highest BCUT2D eigenvalue weighted by molar-refractivity contribution is 5.97. The highest BCUT2D eigenvalue weighted by Crippen LogP contribution is 2.40. The van der Waals surface area contributed by atoms with Gasteiger partial charge in [-0.1, -0.05) is 117 Å². The molecular formula is C48H41N3O. The number of fused-ring (bicyclic) bond motifs is 1. The second kappa shape index (κ2) is 13.1. The number of para-hydroxylation sites is 2. The number of hydrogen-bond donors (Lipinski definition) is 1. The molecule has 0 radical (unpaired) electrons. The number of aromatic nitrogens is 3. The Bertz CT molecular complexity index is 2900. The van der Waals surface area contributed by atoms with E-state index in [1.54, 1.807) is 30.5 Å². The van der Waals surface area contributed by atoms with Crippen molar-refractivity contribution in [2.75, 3.05) is 0 Å². The molecule has 8 aromatic rings. The molecule has 0 aliphatic rings. The van der Waals surface area contributed by atoms with Crippen molar-refractivity contribution in [3.63, 3.8) is 0 Å². The first-order valence-electron chi connectivity index (χ1n) is 20.7. The lowest BCUT2D eigenvalue weighted by molar-refractivity contribution is 0.477. The minimum Gasteiger partial charge on any atom is -0.507 e. The van der Waals surface area contributed by atoms with Gasteiger partial charge in [0.15, 0.2) is 0 Å². The Hall–Kier alpha value is -6.26. The average Bonchev–Trinajstić information content (AvgIpc) is 3.59. The first kappa shape index (κ1) is 25.7. The predicted octanol–water partition coefficient (Wildman–Crippen LogP) is 12.4. The van der Waals surface area contributed by atoms with E-state index in [1.165, 1.54) is 0 Å². The normalized spacial score (nSPS) is 13.8. The lowest BCUT2D eigenvalue weighted by Gasteiger charge is -2.22. The van der Waals surface area contributed by atoms with Gasteiger partial charge in [-0.2, -0.15) is 0 Å². The summed E-state index contributed by atoms with van der Waals surface area (Å²) in [5.74, 6) is 0.699. The van der Waals surface area contributed by atoms with Crippen LogP contribution in [0.5, 0.6) is 5.75 Å². The number of phenols is 1. The fraction of sp³-hybridized carbons (Fsp3) is 0.125. The standard InChI is InChI=1S/C48H41N3O/c1-31-18-20-33(21-19-31)35-24-25-49-43(30-35)37-27-36(28-38(29-37)48(3,4)5)41-15-11-16-44-46(41)50-47(42-14-9-10-17-45(42)52)51(44)39-22-23-40(32(2)26-39)34-12-7-6-8-13-34/h6-30,52H,1-5H3/i1D3,18D,19D,20D,21D. The van der Waals surface area contributed by atoms with Crippen LogP contribution in [-0.2, 0) is 5.41 Å². The van der Waals surface area contributed by atoms with E-state index in [9.17, 15) is 5.11 Å². The van der Waals surface area contributed by atoms with Crippen LogP contribution >= 0.6 is 0 Å². The zero-order valence-electron chi connectivity index (χ0n) is 36.4. The van der Waals surface area contributed by atoms with Crippen molar-refractivity contribution in [2.24, 2.45) is 0 Å². The van der Waals surface area contributed by atoms with Gasteiger partial charge in [-0.15, -0.1) is 0 Å². The van der Waals surface area contributed by atoms with Crippen molar-refractivity contribution < 1.29 is 14.7 Å². The third-order valence-electron chi connectivity index (χ3n) is 9.46. The zero-order valence-corrected chi connectivity index (χ0v) is 29.4. The van der Waals surface area contributed by atoms with Crippen molar-refractivity contribution in [3.8, 4) is 67.5 Å². The number of aromatic hydroxyl groups is 1. The molecule has 0 unspecified atom stereocenters. The topological polar surface area (TPSA) is 50.9 Å². The highest BCUT2D eigenvalue weighted by atomic mass is 16.3. The van der Waals surface area contributed by atoms with E-state index in [-0.39, 0.29) is 16.7 Å². The first-order valence-corrected chi connectivity index (χ1v) is 17.2. The van der Waals surface area contributed by atoms with Gasteiger partial charge >= 0.3 is 0 Å². The Balaban J connectivity index is 1.32. The molecule has 0 saturated heterocycles. The third kappa shape index (κ3) is 6.18. The van der Waals surface area contributed by atoms with Crippen LogP contribution in [0.3, 0.4) is 0 Å². The summed E-state index contributed by atoms with van der Waals surface area (Å²) < 4.78 is 60.1. The van der Waals surface area contributed by atoms with Gasteiger partial charge in [0.05, 0.1) is 27.8 Å². The molecule has 0 aliphatic heterocycles. The number of nitrogens with zero attached hydrogens (tertiary/aromatic N) is 3. The Morgan fingerprint density at radius 3 is 2.15 bits per heavy atom. The van der Waals surface area contributed by atoms with Crippen LogP contribution in [-0.4, -0.2) is 19.6 Å². The quantitative estimate of drug-likeness (QED) is 0.190. The number of pyridine rings is 1. The second-order valence-electron chi connectivity index (χ2n) is 14.1. The molecule has 4 nitrogen and oxygen atoms in total. The van der Waals surface area contributed by atoms with Crippen LogP contribution in [0.2, 0.25) is 0 Å². The Labute approximate surface area is 315 Å². The van der Waals surface area contributed by atoms with E-state index in [2.05, 4.69) is 74.7 Å². The lowest BCUT2D eigenvalue weighted by Crippen LogP contribution is -2.11. The summed E-state index contributed by atoms with van der Waals surface area (Å²) in [6.07, 6.45) is 1.56. The summed E-state index contributed by atoms with van der Waals surface area (Å²) in [6.45, 7) is 5.67. The number of benzene rings is 6. The van der Waals surface area contributed by atoms with Crippen molar-refractivity contribution in [2.45, 2.75) is 40.0 Å². The largest absolute Gasteiger partial charge is 0.507 e. The number of phenolic OH excluding ortho intramolecular Hbond substituents is 1. The molecule has 4 heteroatoms. The molecule has 52 heavy (non-hydrogen) atoms. The molecule has 0 atom stereocenters. The van der Waals surface area contributed by atoms with Crippen LogP contribution in [0.25, 0.3) is 72.7 Å². The van der Waals surface area contributed by atoms with Crippen molar-refractivity contribution >= 4 is 11.0 Å². The van der Waals surface area contributed by atoms with Gasteiger partial charge in [0.1, 0.15) is 11.6 Å². The van der Waals surface area contributed by atoms with Crippen LogP contribution in [0.4, 0.5) is 0 Å². The van der Waals surface area contributed by atoms with E-state index in [1.807, 2.05) is 54.6 Å². The summed E-state index contributed by atoms with van der Waals surface area (Å²) in [5.41, 5.74) is 9.94. The van der Waals surface area contributed by atoms with Crippen molar-refractivity contribution in [3.05, 3.63) is 168 Å². The zero-order chi connectivity index (χ0) is 42.0. The maximum absolute atomic E-state index is 11.2. The molecule has 0 bridgehead atoms. The Kier molecular flexibility index (Phi) is 6.48. The predicted molar refractivity (Wildman–Crippen MR) is 216 cm³/mol. The molecule has 254 valence electrons. The van der Waals surface area contributed by atoms with E-state index in [0.29, 0.717) is 22.6 Å². The highest BCUT2D eigenvalue weighted by Gasteiger charge is 2.22. The minimum absolute atomic E-state index is 0.00267. The lowest BCUT2D eigenvalue weighted by atomic mass is 9.83. The summed E-state index contributed by atoms with van der Waals surface area (Å²) in [7, 11) is 0. The van der Waals surface area contributed by atoms with Gasteiger partial charge < -0.3 is 5.11 Å². The van der Waals surface area contributed by atoms with E-state index >= 15 is 0 Å². The van der Waals surface area contributed by atoms with Crippen LogP contribution < -0.4 is 0 Å². The molecule has 0 saturated carbocycles. The van der Waals surface area contributed by atoms with Gasteiger partial charge in [0, 0.05) is 27.1 Å². The summed E-state index contributed by atoms with van der Waals surface area (Å²) in [6, 6.07) is 37.4. The van der Waals surface area contributed by atoms with E-state index < -0.39 is 36.6 Å². The molecular weight excluding hydrogens is 635 g/mol. The molecule has 2 aromatic heterocycles. The summed E-state index contributed by atoms with van der Waals surface area (Å²) in [5, 5.41) is 11.2. The number of rotatable bonds is 6. The molecule has 0 aliphatic carbocycles. The smallest absolute Gasteiger partial charge is 0.149 e. The summed E-state index contributed by atoms with van der Waals surface area (Å²) >= 11 is 0. The Morgan fingerprint density at radius 2 is 1.40 bits per heavy atom.